The maximum atomic E-state index is 11.6. The molecule has 1 aliphatic rings. The molecule has 1 heterocycles. The van der Waals surface area contributed by atoms with Gasteiger partial charge in [-0.15, -0.1) is 0 Å². The molecule has 1 aliphatic heterocycles. The van der Waals surface area contributed by atoms with Gasteiger partial charge >= 0.3 is 5.97 Å². The minimum absolute atomic E-state index is 0.0412. The number of likely N-dealkylation sites (tertiary alicyclic amines) is 1. The lowest BCUT2D eigenvalue weighted by Crippen LogP contribution is -2.48. The summed E-state index contributed by atoms with van der Waals surface area (Å²) in [5.74, 6) is 0.895. The number of nitrogens with one attached hydrogen (secondary N) is 1. The lowest BCUT2D eigenvalue weighted by atomic mass is 9.97. The summed E-state index contributed by atoms with van der Waals surface area (Å²) in [4.78, 5) is 20.5. The van der Waals surface area contributed by atoms with E-state index < -0.39 is 0 Å². The van der Waals surface area contributed by atoms with Crippen molar-refractivity contribution in [2.75, 3.05) is 53.9 Å². The number of carbonyl (C=O) groups is 1. The number of piperidine rings is 1. The third-order valence-electron chi connectivity index (χ3n) is 4.21. The zero-order valence-electron chi connectivity index (χ0n) is 14.6. The molecule has 0 aromatic rings. The summed E-state index contributed by atoms with van der Waals surface area (Å²) < 4.78 is 4.83. The summed E-state index contributed by atoms with van der Waals surface area (Å²) in [6, 6.07) is 0. The van der Waals surface area contributed by atoms with Crippen molar-refractivity contribution in [2.45, 2.75) is 32.6 Å². The van der Waals surface area contributed by atoms with Crippen LogP contribution in [0.25, 0.3) is 0 Å². The summed E-state index contributed by atoms with van der Waals surface area (Å²) in [5, 5.41) is 3.42. The van der Waals surface area contributed by atoms with Crippen LogP contribution in [0.4, 0.5) is 0 Å². The first-order chi connectivity index (χ1) is 10.6. The van der Waals surface area contributed by atoms with Crippen LogP contribution in [0, 0.1) is 5.92 Å². The van der Waals surface area contributed by atoms with E-state index in [1.54, 1.807) is 0 Å². The Bertz CT molecular complexity index is 352. The molecule has 0 aromatic carbocycles. The Morgan fingerprint density at radius 3 is 2.59 bits per heavy atom. The molecule has 1 saturated heterocycles. The first kappa shape index (κ1) is 18.7. The van der Waals surface area contributed by atoms with Gasteiger partial charge in [-0.05, 0) is 32.9 Å². The molecular weight excluding hydrogens is 280 g/mol. The van der Waals surface area contributed by atoms with Crippen molar-refractivity contribution in [2.24, 2.45) is 10.9 Å². The second-order valence-electron chi connectivity index (χ2n) is 5.92. The Morgan fingerprint density at radius 1 is 1.36 bits per heavy atom. The van der Waals surface area contributed by atoms with Crippen LogP contribution in [-0.2, 0) is 9.53 Å². The van der Waals surface area contributed by atoms with E-state index in [-0.39, 0.29) is 11.9 Å². The number of unbranched alkanes of at least 4 members (excludes halogenated alkanes) is 1. The van der Waals surface area contributed by atoms with Crippen LogP contribution in [0.3, 0.4) is 0 Å². The summed E-state index contributed by atoms with van der Waals surface area (Å²) in [5.41, 5.74) is 0. The van der Waals surface area contributed by atoms with E-state index in [4.69, 9.17) is 4.74 Å². The zero-order valence-corrected chi connectivity index (χ0v) is 14.6. The highest BCUT2D eigenvalue weighted by molar-refractivity contribution is 5.80. The number of esters is 1. The Morgan fingerprint density at radius 2 is 2.05 bits per heavy atom. The molecule has 0 bridgehead atoms. The molecule has 22 heavy (non-hydrogen) atoms. The number of carbonyl (C=O) groups excluding carboxylic acids is 1. The second kappa shape index (κ2) is 10.4. The highest BCUT2D eigenvalue weighted by atomic mass is 16.5. The summed E-state index contributed by atoms with van der Waals surface area (Å²) in [7, 11) is 5.43. The highest BCUT2D eigenvalue weighted by Gasteiger charge is 2.26. The van der Waals surface area contributed by atoms with Gasteiger partial charge in [0.1, 0.15) is 0 Å². The Labute approximate surface area is 134 Å². The maximum absolute atomic E-state index is 11.6. The standard InChI is InChI=1S/C16H32N4O2/c1-5-6-10-19(3)13-9-18-16(17-2)20-11-7-14(8-12-20)15(21)22-4/h14H,5-13H2,1-4H3,(H,17,18). The fourth-order valence-corrected chi connectivity index (χ4v) is 2.72. The van der Waals surface area contributed by atoms with Crippen molar-refractivity contribution in [1.82, 2.24) is 15.1 Å². The number of hydrogen-bond acceptors (Lipinski definition) is 4. The molecule has 0 amide bonds. The summed E-state index contributed by atoms with van der Waals surface area (Å²) in [6.45, 7) is 6.96. The minimum Gasteiger partial charge on any atom is -0.469 e. The van der Waals surface area contributed by atoms with Gasteiger partial charge in [-0.2, -0.15) is 0 Å². The number of ether oxygens (including phenoxy) is 1. The van der Waals surface area contributed by atoms with E-state index in [9.17, 15) is 4.79 Å². The fraction of sp³-hybridized carbons (Fsp3) is 0.875. The lowest BCUT2D eigenvalue weighted by Gasteiger charge is -2.33. The average molecular weight is 312 g/mol. The summed E-state index contributed by atoms with van der Waals surface area (Å²) in [6.07, 6.45) is 4.15. The van der Waals surface area contributed by atoms with Crippen molar-refractivity contribution in [3.05, 3.63) is 0 Å². The number of hydrogen-bond donors (Lipinski definition) is 1. The van der Waals surface area contributed by atoms with Gasteiger partial charge in [0.25, 0.3) is 0 Å². The average Bonchev–Trinajstić information content (AvgIpc) is 2.56. The molecule has 1 fully saturated rings. The first-order valence-corrected chi connectivity index (χ1v) is 8.34. The topological polar surface area (TPSA) is 57.2 Å². The van der Waals surface area contributed by atoms with Gasteiger partial charge in [0.2, 0.25) is 0 Å². The van der Waals surface area contributed by atoms with Crippen molar-refractivity contribution < 1.29 is 9.53 Å². The molecule has 0 aliphatic carbocycles. The number of guanidine groups is 1. The smallest absolute Gasteiger partial charge is 0.308 e. The molecular formula is C16H32N4O2. The molecule has 0 saturated carbocycles. The zero-order chi connectivity index (χ0) is 16.4. The Balaban J connectivity index is 2.30. The Kier molecular flexibility index (Phi) is 8.89. The van der Waals surface area contributed by atoms with E-state index in [1.165, 1.54) is 20.0 Å². The number of nitrogens with zero attached hydrogens (tertiary/aromatic N) is 3. The maximum Gasteiger partial charge on any atom is 0.308 e. The van der Waals surface area contributed by atoms with E-state index in [0.717, 1.165) is 51.5 Å². The number of likely N-dealkylation sites (N-methyl/N-ethyl adjacent to an activating group) is 1. The monoisotopic (exact) mass is 312 g/mol. The molecule has 0 unspecified atom stereocenters. The first-order valence-electron chi connectivity index (χ1n) is 8.34. The van der Waals surface area contributed by atoms with Crippen LogP contribution in [0.5, 0.6) is 0 Å². The molecule has 6 nitrogen and oxygen atoms in total. The molecule has 128 valence electrons. The van der Waals surface area contributed by atoms with Gasteiger partial charge in [0.05, 0.1) is 13.0 Å². The molecule has 1 N–H and O–H groups in total. The van der Waals surface area contributed by atoms with E-state index >= 15 is 0 Å². The highest BCUT2D eigenvalue weighted by Crippen LogP contribution is 2.18. The van der Waals surface area contributed by atoms with Crippen LogP contribution in [0.15, 0.2) is 4.99 Å². The van der Waals surface area contributed by atoms with E-state index in [0.29, 0.717) is 0 Å². The van der Waals surface area contributed by atoms with Gasteiger partial charge < -0.3 is 19.9 Å². The van der Waals surface area contributed by atoms with Gasteiger partial charge in [-0.3, -0.25) is 9.79 Å². The molecule has 0 spiro atoms. The number of rotatable bonds is 7. The Hall–Kier alpha value is -1.30. The second-order valence-corrected chi connectivity index (χ2v) is 5.92. The van der Waals surface area contributed by atoms with Gasteiger partial charge in [-0.1, -0.05) is 13.3 Å². The lowest BCUT2D eigenvalue weighted by molar-refractivity contribution is -0.146. The van der Waals surface area contributed by atoms with Gasteiger partial charge in [0.15, 0.2) is 5.96 Å². The van der Waals surface area contributed by atoms with Crippen molar-refractivity contribution in [1.29, 1.82) is 0 Å². The fourth-order valence-electron chi connectivity index (χ4n) is 2.72. The normalized spacial score (nSPS) is 17.0. The predicted octanol–water partition coefficient (Wildman–Crippen LogP) is 1.18. The van der Waals surface area contributed by atoms with E-state index in [1.807, 2.05) is 7.05 Å². The van der Waals surface area contributed by atoms with Crippen molar-refractivity contribution in [3.63, 3.8) is 0 Å². The molecule has 0 atom stereocenters. The summed E-state index contributed by atoms with van der Waals surface area (Å²) >= 11 is 0. The number of aliphatic imine (C=N–C) groups is 1. The van der Waals surface area contributed by atoms with Gasteiger partial charge in [-0.25, -0.2) is 0 Å². The van der Waals surface area contributed by atoms with Crippen LogP contribution < -0.4 is 5.32 Å². The van der Waals surface area contributed by atoms with Crippen molar-refractivity contribution >= 4 is 11.9 Å². The third-order valence-corrected chi connectivity index (χ3v) is 4.21. The molecule has 6 heteroatoms. The molecule has 0 radical (unpaired) electrons. The SMILES string of the molecule is CCCCN(C)CCNC(=NC)N1CCC(C(=O)OC)CC1. The van der Waals surface area contributed by atoms with Crippen LogP contribution in [0.1, 0.15) is 32.6 Å². The van der Waals surface area contributed by atoms with E-state index in [2.05, 4.69) is 34.1 Å². The van der Waals surface area contributed by atoms with Gasteiger partial charge in [0, 0.05) is 33.2 Å². The minimum atomic E-state index is -0.0832. The third kappa shape index (κ3) is 6.22. The number of methoxy groups -OCH3 is 1. The van der Waals surface area contributed by atoms with Crippen molar-refractivity contribution in [3.8, 4) is 0 Å². The van der Waals surface area contributed by atoms with Crippen LogP contribution >= 0.6 is 0 Å². The predicted molar refractivity (Wildman–Crippen MR) is 90.1 cm³/mol. The molecule has 0 aromatic heterocycles. The van der Waals surface area contributed by atoms with Crippen LogP contribution in [-0.4, -0.2) is 75.7 Å². The quantitative estimate of drug-likeness (QED) is 0.435. The van der Waals surface area contributed by atoms with Crippen LogP contribution in [0.2, 0.25) is 0 Å². The molecule has 1 rings (SSSR count). The largest absolute Gasteiger partial charge is 0.469 e.